The standard InChI is InChI=1S/C14H22ClN5/c1-10-13-14(19(3)17-10)20(12(8-15)16-13)9-11-4-6-18(2)7-5-11/h11H,4-9H2,1-3H3. The van der Waals surface area contributed by atoms with E-state index < -0.39 is 0 Å². The Balaban J connectivity index is 1.93. The Bertz CT molecular complexity index is 607. The highest BCUT2D eigenvalue weighted by Crippen LogP contribution is 2.25. The van der Waals surface area contributed by atoms with Gasteiger partial charge in [0, 0.05) is 13.6 Å². The second-order valence-electron chi connectivity index (χ2n) is 5.90. The zero-order valence-corrected chi connectivity index (χ0v) is 13.2. The van der Waals surface area contributed by atoms with Gasteiger partial charge >= 0.3 is 0 Å². The fourth-order valence-electron chi connectivity index (χ4n) is 3.18. The molecule has 1 aliphatic rings. The Kier molecular flexibility index (Phi) is 3.73. The number of likely N-dealkylation sites (tertiary alicyclic amines) is 1. The minimum absolute atomic E-state index is 0.459. The van der Waals surface area contributed by atoms with Crippen molar-refractivity contribution in [3.8, 4) is 0 Å². The van der Waals surface area contributed by atoms with Crippen LogP contribution < -0.4 is 0 Å². The summed E-state index contributed by atoms with van der Waals surface area (Å²) in [6.07, 6.45) is 2.49. The highest BCUT2D eigenvalue weighted by Gasteiger charge is 2.22. The van der Waals surface area contributed by atoms with Crippen LogP contribution in [0.2, 0.25) is 0 Å². The maximum Gasteiger partial charge on any atom is 0.158 e. The van der Waals surface area contributed by atoms with E-state index in [1.165, 1.54) is 25.9 Å². The molecule has 0 aromatic carbocycles. The van der Waals surface area contributed by atoms with Crippen molar-refractivity contribution in [3.63, 3.8) is 0 Å². The van der Waals surface area contributed by atoms with Crippen LogP contribution >= 0.6 is 11.6 Å². The third kappa shape index (κ3) is 2.33. The van der Waals surface area contributed by atoms with E-state index in [-0.39, 0.29) is 0 Å². The quantitative estimate of drug-likeness (QED) is 0.815. The van der Waals surface area contributed by atoms with Crippen molar-refractivity contribution >= 4 is 22.8 Å². The molecule has 6 heteroatoms. The van der Waals surface area contributed by atoms with Gasteiger partial charge in [-0.2, -0.15) is 5.10 Å². The molecule has 3 rings (SSSR count). The Morgan fingerprint density at radius 2 is 1.95 bits per heavy atom. The molecule has 0 atom stereocenters. The minimum atomic E-state index is 0.459. The second kappa shape index (κ2) is 5.37. The van der Waals surface area contributed by atoms with E-state index in [9.17, 15) is 0 Å². The molecular formula is C14H22ClN5. The fraction of sp³-hybridized carbons (Fsp3) is 0.714. The molecule has 0 amide bonds. The third-order valence-corrected chi connectivity index (χ3v) is 4.61. The summed E-state index contributed by atoms with van der Waals surface area (Å²) < 4.78 is 4.21. The lowest BCUT2D eigenvalue weighted by atomic mass is 9.97. The van der Waals surface area contributed by atoms with Crippen LogP contribution in [0.25, 0.3) is 11.2 Å². The first kappa shape index (κ1) is 13.9. The van der Waals surface area contributed by atoms with Crippen LogP contribution in [0.15, 0.2) is 0 Å². The van der Waals surface area contributed by atoms with Crippen molar-refractivity contribution in [2.45, 2.75) is 32.2 Å². The third-order valence-electron chi connectivity index (χ3n) is 4.37. The number of hydrogen-bond donors (Lipinski definition) is 0. The molecular weight excluding hydrogens is 274 g/mol. The van der Waals surface area contributed by atoms with Gasteiger partial charge in [-0.05, 0) is 45.8 Å². The topological polar surface area (TPSA) is 38.9 Å². The Labute approximate surface area is 124 Å². The molecule has 2 aromatic rings. The maximum atomic E-state index is 6.08. The number of piperidine rings is 1. The van der Waals surface area contributed by atoms with Crippen LogP contribution in [-0.2, 0) is 19.5 Å². The summed E-state index contributed by atoms with van der Waals surface area (Å²) in [5, 5.41) is 4.47. The molecule has 0 N–H and O–H groups in total. The summed E-state index contributed by atoms with van der Waals surface area (Å²) in [6, 6.07) is 0. The summed E-state index contributed by atoms with van der Waals surface area (Å²) in [5.41, 5.74) is 3.09. The zero-order valence-electron chi connectivity index (χ0n) is 12.4. The number of imidazole rings is 1. The van der Waals surface area contributed by atoms with Gasteiger partial charge in [-0.3, -0.25) is 4.68 Å². The van der Waals surface area contributed by atoms with E-state index in [1.807, 2.05) is 18.7 Å². The molecule has 1 saturated heterocycles. The number of halogens is 1. The highest BCUT2D eigenvalue weighted by molar-refractivity contribution is 6.16. The summed E-state index contributed by atoms with van der Waals surface area (Å²) >= 11 is 6.08. The second-order valence-corrected chi connectivity index (χ2v) is 6.17. The first-order valence-corrected chi connectivity index (χ1v) is 7.76. The van der Waals surface area contributed by atoms with Crippen LogP contribution in [-0.4, -0.2) is 44.4 Å². The summed E-state index contributed by atoms with van der Waals surface area (Å²) in [5.74, 6) is 2.14. The number of aromatic nitrogens is 4. The molecule has 0 bridgehead atoms. The number of fused-ring (bicyclic) bond motifs is 1. The number of nitrogens with zero attached hydrogens (tertiary/aromatic N) is 5. The van der Waals surface area contributed by atoms with Crippen molar-refractivity contribution in [2.75, 3.05) is 20.1 Å². The van der Waals surface area contributed by atoms with E-state index >= 15 is 0 Å². The van der Waals surface area contributed by atoms with Crippen molar-refractivity contribution in [1.82, 2.24) is 24.2 Å². The molecule has 2 aromatic heterocycles. The maximum absolute atomic E-state index is 6.08. The van der Waals surface area contributed by atoms with Gasteiger partial charge in [0.05, 0.1) is 11.6 Å². The van der Waals surface area contributed by atoms with Gasteiger partial charge in [0.25, 0.3) is 0 Å². The van der Waals surface area contributed by atoms with Crippen LogP contribution in [0.3, 0.4) is 0 Å². The molecule has 20 heavy (non-hydrogen) atoms. The van der Waals surface area contributed by atoms with E-state index in [4.69, 9.17) is 11.6 Å². The van der Waals surface area contributed by atoms with Crippen LogP contribution in [0, 0.1) is 12.8 Å². The van der Waals surface area contributed by atoms with Gasteiger partial charge in [-0.15, -0.1) is 11.6 Å². The Hall–Kier alpha value is -1.07. The Morgan fingerprint density at radius 3 is 2.60 bits per heavy atom. The van der Waals surface area contributed by atoms with Crippen LogP contribution in [0.5, 0.6) is 0 Å². The van der Waals surface area contributed by atoms with Crippen molar-refractivity contribution in [3.05, 3.63) is 11.5 Å². The monoisotopic (exact) mass is 295 g/mol. The first-order chi connectivity index (χ1) is 9.60. The zero-order chi connectivity index (χ0) is 14.3. The van der Waals surface area contributed by atoms with Gasteiger partial charge in [0.2, 0.25) is 0 Å². The molecule has 110 valence electrons. The van der Waals surface area contributed by atoms with Gasteiger partial charge in [0.1, 0.15) is 11.3 Å². The summed E-state index contributed by atoms with van der Waals surface area (Å²) in [7, 11) is 4.18. The molecule has 0 spiro atoms. The van der Waals surface area contributed by atoms with Crippen molar-refractivity contribution in [2.24, 2.45) is 13.0 Å². The lowest BCUT2D eigenvalue weighted by molar-refractivity contribution is 0.205. The average Bonchev–Trinajstić information content (AvgIpc) is 2.92. The first-order valence-electron chi connectivity index (χ1n) is 7.23. The largest absolute Gasteiger partial charge is 0.312 e. The number of rotatable bonds is 3. The summed E-state index contributed by atoms with van der Waals surface area (Å²) in [6.45, 7) is 5.38. The number of alkyl halides is 1. The van der Waals surface area contributed by atoms with Gasteiger partial charge in [0.15, 0.2) is 5.65 Å². The van der Waals surface area contributed by atoms with E-state index in [1.54, 1.807) is 0 Å². The minimum Gasteiger partial charge on any atom is -0.312 e. The molecule has 0 radical (unpaired) electrons. The van der Waals surface area contributed by atoms with Crippen LogP contribution in [0.1, 0.15) is 24.4 Å². The SMILES string of the molecule is Cc1nn(C)c2c1nc(CCl)n2CC1CCN(C)CC1. The molecule has 0 aliphatic carbocycles. The normalized spacial score (nSPS) is 18.2. The van der Waals surface area contributed by atoms with Crippen LogP contribution in [0.4, 0.5) is 0 Å². The van der Waals surface area contributed by atoms with Gasteiger partial charge in [-0.25, -0.2) is 4.98 Å². The van der Waals surface area contributed by atoms with Gasteiger partial charge in [-0.1, -0.05) is 0 Å². The van der Waals surface area contributed by atoms with E-state index in [0.717, 1.165) is 29.2 Å². The molecule has 3 heterocycles. The van der Waals surface area contributed by atoms with E-state index in [2.05, 4.69) is 26.6 Å². The van der Waals surface area contributed by atoms with Crippen molar-refractivity contribution < 1.29 is 0 Å². The smallest absolute Gasteiger partial charge is 0.158 e. The lowest BCUT2D eigenvalue weighted by Crippen LogP contribution is -2.32. The molecule has 0 saturated carbocycles. The Morgan fingerprint density at radius 1 is 1.25 bits per heavy atom. The fourth-order valence-corrected chi connectivity index (χ4v) is 3.38. The molecule has 5 nitrogen and oxygen atoms in total. The van der Waals surface area contributed by atoms with Gasteiger partial charge < -0.3 is 9.47 Å². The predicted octanol–water partition coefficient (Wildman–Crippen LogP) is 2.16. The summed E-state index contributed by atoms with van der Waals surface area (Å²) in [4.78, 5) is 7.07. The average molecular weight is 296 g/mol. The molecule has 1 fully saturated rings. The number of hydrogen-bond acceptors (Lipinski definition) is 3. The lowest BCUT2D eigenvalue weighted by Gasteiger charge is -2.29. The van der Waals surface area contributed by atoms with Crippen molar-refractivity contribution in [1.29, 1.82) is 0 Å². The molecule has 1 aliphatic heterocycles. The number of aryl methyl sites for hydroxylation is 2. The van der Waals surface area contributed by atoms with E-state index in [0.29, 0.717) is 11.8 Å². The predicted molar refractivity (Wildman–Crippen MR) is 81.0 cm³/mol. The molecule has 0 unspecified atom stereocenters. The highest BCUT2D eigenvalue weighted by atomic mass is 35.5.